The van der Waals surface area contributed by atoms with Gasteiger partial charge in [0, 0.05) is 25.4 Å². The van der Waals surface area contributed by atoms with Crippen molar-refractivity contribution in [3.63, 3.8) is 0 Å². The van der Waals surface area contributed by atoms with Crippen molar-refractivity contribution < 1.29 is 9.53 Å². The number of amides is 1. The van der Waals surface area contributed by atoms with E-state index in [1.54, 1.807) is 6.20 Å². The molecule has 2 heterocycles. The number of benzene rings is 1. The number of carbonyl (C=O) groups is 1. The number of ether oxygens (including phenoxy) is 1. The second-order valence-electron chi connectivity index (χ2n) is 5.98. The van der Waals surface area contributed by atoms with E-state index < -0.39 is 0 Å². The van der Waals surface area contributed by atoms with Crippen LogP contribution in [0.4, 0.5) is 0 Å². The van der Waals surface area contributed by atoms with E-state index in [-0.39, 0.29) is 18.1 Å². The molecule has 1 amide bonds. The first-order valence-corrected chi connectivity index (χ1v) is 8.09. The van der Waals surface area contributed by atoms with Crippen LogP contribution >= 0.6 is 0 Å². The summed E-state index contributed by atoms with van der Waals surface area (Å²) in [5, 5.41) is 0. The smallest absolute Gasteiger partial charge is 0.223 e. The predicted octanol–water partition coefficient (Wildman–Crippen LogP) is 3.00. The van der Waals surface area contributed by atoms with Crippen LogP contribution in [-0.2, 0) is 16.0 Å². The van der Waals surface area contributed by atoms with Gasteiger partial charge >= 0.3 is 0 Å². The van der Waals surface area contributed by atoms with Gasteiger partial charge < -0.3 is 9.64 Å². The molecule has 0 spiro atoms. The Balaban J connectivity index is 1.70. The number of aromatic nitrogens is 1. The third kappa shape index (κ3) is 3.96. The molecule has 23 heavy (non-hydrogen) atoms. The summed E-state index contributed by atoms with van der Waals surface area (Å²) in [5.74, 6) is 0.179. The van der Waals surface area contributed by atoms with Crippen LogP contribution in [0.25, 0.3) is 0 Å². The van der Waals surface area contributed by atoms with Crippen LogP contribution in [0.3, 0.4) is 0 Å². The molecular weight excluding hydrogens is 288 g/mol. The van der Waals surface area contributed by atoms with Crippen molar-refractivity contribution in [1.82, 2.24) is 9.88 Å². The highest BCUT2D eigenvalue weighted by atomic mass is 16.5. The maximum atomic E-state index is 12.8. The van der Waals surface area contributed by atoms with E-state index >= 15 is 0 Å². The molecule has 1 aliphatic heterocycles. The zero-order chi connectivity index (χ0) is 16.1. The fraction of sp³-hybridized carbons (Fsp3) is 0.368. The van der Waals surface area contributed by atoms with Gasteiger partial charge in [0.1, 0.15) is 0 Å². The molecule has 1 aromatic heterocycles. The summed E-state index contributed by atoms with van der Waals surface area (Å²) in [6.07, 6.45) is 4.88. The average Bonchev–Trinajstić information content (AvgIpc) is 2.61. The first-order valence-electron chi connectivity index (χ1n) is 8.09. The molecule has 3 rings (SSSR count). The Morgan fingerprint density at radius 2 is 2.09 bits per heavy atom. The molecule has 1 aliphatic rings. The van der Waals surface area contributed by atoms with Gasteiger partial charge in [-0.25, -0.2) is 0 Å². The van der Waals surface area contributed by atoms with Crippen LogP contribution in [0.2, 0.25) is 0 Å². The zero-order valence-electron chi connectivity index (χ0n) is 13.4. The van der Waals surface area contributed by atoms with Gasteiger partial charge in [-0.2, -0.15) is 0 Å². The van der Waals surface area contributed by atoms with E-state index in [0.717, 1.165) is 17.5 Å². The highest BCUT2D eigenvalue weighted by Crippen LogP contribution is 2.27. The standard InChI is InChI=1S/C19H22N2O2/c1-15-13-21(18(14-23-15)17-7-3-2-4-8-17)19(22)10-9-16-6-5-11-20-12-16/h2-8,11-12,15,18H,9-10,13-14H2,1H3/t15-,18-/m0/s1. The fourth-order valence-corrected chi connectivity index (χ4v) is 2.97. The lowest BCUT2D eigenvalue weighted by Gasteiger charge is -2.39. The molecule has 1 saturated heterocycles. The summed E-state index contributed by atoms with van der Waals surface area (Å²) in [7, 11) is 0. The van der Waals surface area contributed by atoms with Crippen molar-refractivity contribution in [2.45, 2.75) is 31.9 Å². The molecule has 0 N–H and O–H groups in total. The van der Waals surface area contributed by atoms with Crippen LogP contribution in [0.5, 0.6) is 0 Å². The number of nitrogens with zero attached hydrogens (tertiary/aromatic N) is 2. The largest absolute Gasteiger partial charge is 0.374 e. The number of morpholine rings is 1. The van der Waals surface area contributed by atoms with Crippen molar-refractivity contribution in [2.75, 3.05) is 13.2 Å². The van der Waals surface area contributed by atoms with E-state index in [2.05, 4.69) is 17.1 Å². The van der Waals surface area contributed by atoms with Gasteiger partial charge in [0.25, 0.3) is 0 Å². The molecule has 2 atom stereocenters. The summed E-state index contributed by atoms with van der Waals surface area (Å²) in [6.45, 7) is 3.22. The highest BCUT2D eigenvalue weighted by Gasteiger charge is 2.31. The molecular formula is C19H22N2O2. The number of aryl methyl sites for hydroxylation is 1. The Labute approximate surface area is 137 Å². The molecule has 0 unspecified atom stereocenters. The third-order valence-electron chi connectivity index (χ3n) is 4.22. The first-order chi connectivity index (χ1) is 11.2. The second kappa shape index (κ2) is 7.38. The normalized spacial score (nSPS) is 21.2. The van der Waals surface area contributed by atoms with Crippen molar-refractivity contribution >= 4 is 5.91 Å². The van der Waals surface area contributed by atoms with Crippen molar-refractivity contribution in [1.29, 1.82) is 0 Å². The number of carbonyl (C=O) groups excluding carboxylic acids is 1. The molecule has 2 aromatic rings. The minimum absolute atomic E-state index is 0.00815. The van der Waals surface area contributed by atoms with Gasteiger partial charge in [0.05, 0.1) is 18.8 Å². The monoisotopic (exact) mass is 310 g/mol. The molecule has 0 radical (unpaired) electrons. The lowest BCUT2D eigenvalue weighted by atomic mass is 10.0. The molecule has 0 bridgehead atoms. The number of pyridine rings is 1. The number of hydrogen-bond acceptors (Lipinski definition) is 3. The lowest BCUT2D eigenvalue weighted by molar-refractivity contribution is -0.144. The molecule has 0 aliphatic carbocycles. The average molecular weight is 310 g/mol. The van der Waals surface area contributed by atoms with Gasteiger partial charge in [0.2, 0.25) is 5.91 Å². The van der Waals surface area contributed by atoms with Crippen LogP contribution < -0.4 is 0 Å². The molecule has 0 saturated carbocycles. The summed E-state index contributed by atoms with van der Waals surface area (Å²) in [5.41, 5.74) is 2.23. The number of hydrogen-bond donors (Lipinski definition) is 0. The maximum absolute atomic E-state index is 12.8. The molecule has 1 fully saturated rings. The Kier molecular flexibility index (Phi) is 5.03. The fourth-order valence-electron chi connectivity index (χ4n) is 2.97. The zero-order valence-corrected chi connectivity index (χ0v) is 13.4. The molecule has 1 aromatic carbocycles. The Bertz CT molecular complexity index is 630. The van der Waals surface area contributed by atoms with Gasteiger partial charge in [-0.3, -0.25) is 9.78 Å². The highest BCUT2D eigenvalue weighted by molar-refractivity contribution is 5.77. The van der Waals surface area contributed by atoms with E-state index in [9.17, 15) is 4.79 Å². The van der Waals surface area contributed by atoms with E-state index in [1.165, 1.54) is 0 Å². The summed E-state index contributed by atoms with van der Waals surface area (Å²) in [6, 6.07) is 14.0. The van der Waals surface area contributed by atoms with Crippen LogP contribution in [0.1, 0.15) is 30.5 Å². The van der Waals surface area contributed by atoms with Crippen molar-refractivity contribution in [3.8, 4) is 0 Å². The summed E-state index contributed by atoms with van der Waals surface area (Å²) >= 11 is 0. The first kappa shape index (κ1) is 15.7. The van der Waals surface area contributed by atoms with Crippen molar-refractivity contribution in [2.24, 2.45) is 0 Å². The Morgan fingerprint density at radius 1 is 1.26 bits per heavy atom. The van der Waals surface area contributed by atoms with E-state index in [4.69, 9.17) is 4.74 Å². The maximum Gasteiger partial charge on any atom is 0.223 e. The number of rotatable bonds is 4. The topological polar surface area (TPSA) is 42.4 Å². The van der Waals surface area contributed by atoms with Gasteiger partial charge in [0.15, 0.2) is 0 Å². The Hall–Kier alpha value is -2.20. The van der Waals surface area contributed by atoms with E-state index in [0.29, 0.717) is 19.6 Å². The van der Waals surface area contributed by atoms with Gasteiger partial charge in [-0.15, -0.1) is 0 Å². The summed E-state index contributed by atoms with van der Waals surface area (Å²) in [4.78, 5) is 18.8. The lowest BCUT2D eigenvalue weighted by Crippen LogP contribution is -2.46. The minimum Gasteiger partial charge on any atom is -0.374 e. The van der Waals surface area contributed by atoms with E-state index in [1.807, 2.05) is 48.4 Å². The van der Waals surface area contributed by atoms with Crippen LogP contribution in [0, 0.1) is 0 Å². The minimum atomic E-state index is 0.00815. The second-order valence-corrected chi connectivity index (χ2v) is 5.98. The summed E-state index contributed by atoms with van der Waals surface area (Å²) < 4.78 is 5.78. The third-order valence-corrected chi connectivity index (χ3v) is 4.22. The molecule has 4 heteroatoms. The Morgan fingerprint density at radius 3 is 2.83 bits per heavy atom. The van der Waals surface area contributed by atoms with Gasteiger partial charge in [-0.05, 0) is 30.5 Å². The predicted molar refractivity (Wildman–Crippen MR) is 88.9 cm³/mol. The SMILES string of the molecule is C[C@H]1CN(C(=O)CCc2cccnc2)[C@H](c2ccccc2)CO1. The molecule has 120 valence electrons. The quantitative estimate of drug-likeness (QED) is 0.872. The van der Waals surface area contributed by atoms with Crippen LogP contribution in [-0.4, -0.2) is 35.0 Å². The molecule has 4 nitrogen and oxygen atoms in total. The van der Waals surface area contributed by atoms with Crippen LogP contribution in [0.15, 0.2) is 54.9 Å². The van der Waals surface area contributed by atoms with Gasteiger partial charge in [-0.1, -0.05) is 36.4 Å². The van der Waals surface area contributed by atoms with Crippen molar-refractivity contribution in [3.05, 3.63) is 66.0 Å².